The maximum Gasteiger partial charge on any atom is 0.416 e. The quantitative estimate of drug-likeness (QED) is 0.920. The van der Waals surface area contributed by atoms with Gasteiger partial charge < -0.3 is 5.32 Å². The van der Waals surface area contributed by atoms with E-state index >= 15 is 0 Å². The summed E-state index contributed by atoms with van der Waals surface area (Å²) in [5.74, 6) is 0. The van der Waals surface area contributed by atoms with E-state index in [2.05, 4.69) is 26.3 Å². The highest BCUT2D eigenvalue weighted by Crippen LogP contribution is 2.37. The molecule has 7 heteroatoms. The van der Waals surface area contributed by atoms with Crippen LogP contribution < -0.4 is 5.32 Å². The van der Waals surface area contributed by atoms with Gasteiger partial charge in [-0.25, -0.2) is 0 Å². The molecule has 1 aromatic carbocycles. The monoisotopic (exact) mass is 347 g/mol. The van der Waals surface area contributed by atoms with Gasteiger partial charge in [0.05, 0.1) is 17.8 Å². The van der Waals surface area contributed by atoms with Crippen LogP contribution in [0.3, 0.4) is 0 Å². The van der Waals surface area contributed by atoms with E-state index in [4.69, 9.17) is 0 Å². The Kier molecular flexibility index (Phi) is 4.19. The van der Waals surface area contributed by atoms with Crippen LogP contribution in [-0.2, 0) is 13.2 Å². The number of aromatic nitrogens is 2. The second-order valence-corrected chi connectivity index (χ2v) is 5.31. The second kappa shape index (κ2) is 5.57. The first-order valence-corrected chi connectivity index (χ1v) is 6.64. The third-order valence-electron chi connectivity index (χ3n) is 2.98. The van der Waals surface area contributed by atoms with E-state index in [9.17, 15) is 13.2 Å². The first-order valence-electron chi connectivity index (χ1n) is 5.85. The Hall–Kier alpha value is -1.34. The van der Waals surface area contributed by atoms with Gasteiger partial charge >= 0.3 is 6.18 Å². The molecule has 108 valence electrons. The summed E-state index contributed by atoms with van der Waals surface area (Å²) in [4.78, 5) is 0. The van der Waals surface area contributed by atoms with Crippen LogP contribution in [0.1, 0.15) is 22.7 Å². The third-order valence-corrected chi connectivity index (χ3v) is 3.47. The smallest absolute Gasteiger partial charge is 0.309 e. The van der Waals surface area contributed by atoms with Crippen molar-refractivity contribution < 1.29 is 13.2 Å². The summed E-state index contributed by atoms with van der Waals surface area (Å²) in [6.45, 7) is 0. The maximum atomic E-state index is 13.2. The highest BCUT2D eigenvalue weighted by atomic mass is 79.9. The molecule has 2 rings (SSSR count). The summed E-state index contributed by atoms with van der Waals surface area (Å²) in [6.07, 6.45) is -1.15. The van der Waals surface area contributed by atoms with Gasteiger partial charge in [-0.05, 0) is 24.7 Å². The molecule has 1 atom stereocenters. The van der Waals surface area contributed by atoms with Crippen molar-refractivity contribution in [3.63, 3.8) is 0 Å². The lowest BCUT2D eigenvalue weighted by Crippen LogP contribution is -2.21. The molecule has 20 heavy (non-hydrogen) atoms. The van der Waals surface area contributed by atoms with Gasteiger partial charge in [-0.1, -0.05) is 22.0 Å². The average Bonchev–Trinajstić information content (AvgIpc) is 2.77. The summed E-state index contributed by atoms with van der Waals surface area (Å²) in [7, 11) is 3.35. The maximum absolute atomic E-state index is 13.2. The fourth-order valence-electron chi connectivity index (χ4n) is 2.12. The van der Waals surface area contributed by atoms with Gasteiger partial charge in [-0.15, -0.1) is 0 Å². The Labute approximate surface area is 122 Å². The molecule has 1 aromatic heterocycles. The first-order chi connectivity index (χ1) is 9.32. The fourth-order valence-corrected chi connectivity index (χ4v) is 2.48. The number of hydrogen-bond donors (Lipinski definition) is 1. The topological polar surface area (TPSA) is 29.9 Å². The minimum atomic E-state index is -4.41. The lowest BCUT2D eigenvalue weighted by molar-refractivity contribution is -0.138. The van der Waals surface area contributed by atoms with Crippen molar-refractivity contribution >= 4 is 15.9 Å². The lowest BCUT2D eigenvalue weighted by atomic mass is 9.96. The van der Waals surface area contributed by atoms with Gasteiger partial charge in [0.1, 0.15) is 0 Å². The van der Waals surface area contributed by atoms with Crippen molar-refractivity contribution in [3.8, 4) is 0 Å². The predicted octanol–water partition coefficient (Wildman–Crippen LogP) is 3.51. The van der Waals surface area contributed by atoms with Crippen molar-refractivity contribution in [2.45, 2.75) is 12.2 Å². The minimum Gasteiger partial charge on any atom is -0.309 e. The Balaban J connectivity index is 2.55. The van der Waals surface area contributed by atoms with Crippen molar-refractivity contribution in [1.29, 1.82) is 0 Å². The van der Waals surface area contributed by atoms with E-state index in [0.717, 1.165) is 6.07 Å². The molecule has 0 fully saturated rings. The van der Waals surface area contributed by atoms with Crippen LogP contribution in [-0.4, -0.2) is 16.8 Å². The van der Waals surface area contributed by atoms with E-state index < -0.39 is 17.8 Å². The standard InChI is InChI=1S/C13H13BrF3N3/c1-18-12(8-6-19-20(2)7-8)10-4-3-9(14)5-11(10)13(15,16)17/h3-7,12,18H,1-2H3. The van der Waals surface area contributed by atoms with Crippen LogP contribution in [0.25, 0.3) is 0 Å². The fraction of sp³-hybridized carbons (Fsp3) is 0.308. The van der Waals surface area contributed by atoms with E-state index in [1.54, 1.807) is 37.2 Å². The van der Waals surface area contributed by atoms with Crippen LogP contribution in [0.2, 0.25) is 0 Å². The van der Waals surface area contributed by atoms with Crippen molar-refractivity contribution in [2.24, 2.45) is 7.05 Å². The van der Waals surface area contributed by atoms with Crippen molar-refractivity contribution in [1.82, 2.24) is 15.1 Å². The molecule has 1 heterocycles. The Morgan fingerprint density at radius 2 is 2.05 bits per heavy atom. The number of alkyl halides is 3. The number of hydrogen-bond acceptors (Lipinski definition) is 2. The summed E-state index contributed by atoms with van der Waals surface area (Å²) >= 11 is 3.08. The molecule has 2 aromatic rings. The largest absolute Gasteiger partial charge is 0.416 e. The number of nitrogens with one attached hydrogen (secondary N) is 1. The molecule has 0 aliphatic heterocycles. The van der Waals surface area contributed by atoms with E-state index in [-0.39, 0.29) is 5.56 Å². The predicted molar refractivity (Wildman–Crippen MR) is 73.3 cm³/mol. The molecule has 0 aliphatic carbocycles. The molecule has 3 nitrogen and oxygen atoms in total. The summed E-state index contributed by atoms with van der Waals surface area (Å²) < 4.78 is 41.5. The normalized spacial score (nSPS) is 13.5. The molecule has 0 bridgehead atoms. The molecule has 0 radical (unpaired) electrons. The average molecular weight is 348 g/mol. The molecule has 0 saturated carbocycles. The zero-order valence-electron chi connectivity index (χ0n) is 10.9. The van der Waals surface area contributed by atoms with Gasteiger partial charge in [-0.2, -0.15) is 18.3 Å². The summed E-state index contributed by atoms with van der Waals surface area (Å²) in [5, 5.41) is 6.92. The zero-order chi connectivity index (χ0) is 14.9. The van der Waals surface area contributed by atoms with Gasteiger partial charge in [0.2, 0.25) is 0 Å². The number of benzene rings is 1. The van der Waals surface area contributed by atoms with Crippen LogP contribution >= 0.6 is 15.9 Å². The minimum absolute atomic E-state index is 0.177. The molecule has 0 amide bonds. The number of nitrogens with zero attached hydrogens (tertiary/aromatic N) is 2. The Bertz CT molecular complexity index is 607. The van der Waals surface area contributed by atoms with E-state index in [1.165, 1.54) is 6.07 Å². The van der Waals surface area contributed by atoms with Crippen LogP contribution in [0.4, 0.5) is 13.2 Å². The van der Waals surface area contributed by atoms with E-state index in [1.807, 2.05) is 0 Å². The SMILES string of the molecule is CNC(c1cnn(C)c1)c1ccc(Br)cc1C(F)(F)F. The van der Waals surface area contributed by atoms with Crippen molar-refractivity contribution in [3.05, 3.63) is 51.8 Å². The van der Waals surface area contributed by atoms with Crippen LogP contribution in [0.5, 0.6) is 0 Å². The number of aryl methyl sites for hydroxylation is 1. The summed E-state index contributed by atoms with van der Waals surface area (Å²) in [6, 6.07) is 3.61. The summed E-state index contributed by atoms with van der Waals surface area (Å²) in [5.41, 5.74) is 0.203. The number of rotatable bonds is 3. The second-order valence-electron chi connectivity index (χ2n) is 4.40. The zero-order valence-corrected chi connectivity index (χ0v) is 12.5. The highest BCUT2D eigenvalue weighted by Gasteiger charge is 2.35. The van der Waals surface area contributed by atoms with Gasteiger partial charge in [0, 0.05) is 23.3 Å². The van der Waals surface area contributed by atoms with Crippen LogP contribution in [0, 0.1) is 0 Å². The molecule has 0 saturated heterocycles. The Morgan fingerprint density at radius 3 is 2.55 bits per heavy atom. The first kappa shape index (κ1) is 15.1. The molecule has 1 unspecified atom stereocenters. The lowest BCUT2D eigenvalue weighted by Gasteiger charge is -2.20. The van der Waals surface area contributed by atoms with Gasteiger partial charge in [0.15, 0.2) is 0 Å². The van der Waals surface area contributed by atoms with Gasteiger partial charge in [-0.3, -0.25) is 4.68 Å². The highest BCUT2D eigenvalue weighted by molar-refractivity contribution is 9.10. The molecular weight excluding hydrogens is 335 g/mol. The number of halogens is 4. The molecule has 1 N–H and O–H groups in total. The molecule has 0 spiro atoms. The van der Waals surface area contributed by atoms with Crippen molar-refractivity contribution in [2.75, 3.05) is 7.05 Å². The van der Waals surface area contributed by atoms with Gasteiger partial charge in [0.25, 0.3) is 0 Å². The molecule has 0 aliphatic rings. The molecular formula is C13H13BrF3N3. The van der Waals surface area contributed by atoms with E-state index in [0.29, 0.717) is 10.0 Å². The third kappa shape index (κ3) is 3.04. The van der Waals surface area contributed by atoms with Crippen LogP contribution in [0.15, 0.2) is 35.1 Å². The Morgan fingerprint density at radius 1 is 1.35 bits per heavy atom.